The first-order valence-electron chi connectivity index (χ1n) is 9.93. The number of esters is 1. The minimum absolute atomic E-state index is 0.142. The summed E-state index contributed by atoms with van der Waals surface area (Å²) in [6.07, 6.45) is 17.8. The van der Waals surface area contributed by atoms with Crippen molar-refractivity contribution in [2.75, 3.05) is 7.11 Å². The van der Waals surface area contributed by atoms with Crippen molar-refractivity contribution in [1.29, 1.82) is 0 Å². The molecule has 0 rings (SSSR count). The fraction of sp³-hybridized carbons (Fsp3) is 0.762. The second kappa shape index (κ2) is 17.4. The van der Waals surface area contributed by atoms with E-state index in [1.165, 1.54) is 71.3 Å². The molecule has 0 aromatic rings. The molecule has 25 heavy (non-hydrogen) atoms. The molecule has 0 aromatic heterocycles. The molecule has 0 aliphatic rings. The Morgan fingerprint density at radius 2 is 1.16 bits per heavy atom. The molecule has 4 nitrogen and oxygen atoms in total. The lowest BCUT2D eigenvalue weighted by Gasteiger charge is -2.05. The van der Waals surface area contributed by atoms with E-state index in [0.717, 1.165) is 19.3 Å². The minimum atomic E-state index is -0.730. The van der Waals surface area contributed by atoms with Gasteiger partial charge in [-0.15, -0.1) is 0 Å². The molecule has 0 fully saturated rings. The first-order chi connectivity index (χ1) is 12.2. The van der Waals surface area contributed by atoms with Crippen LogP contribution in [0.25, 0.3) is 0 Å². The Balaban J connectivity index is 3.65. The SMILES string of the molecule is CCCCCCCCCCCCCCCC(C=O)=C(C=O)C(=O)OC. The maximum absolute atomic E-state index is 11.4. The smallest absolute Gasteiger partial charge is 0.341 e. The highest BCUT2D eigenvalue weighted by Gasteiger charge is 2.14. The van der Waals surface area contributed by atoms with E-state index < -0.39 is 5.97 Å². The van der Waals surface area contributed by atoms with Crippen LogP contribution in [0.2, 0.25) is 0 Å². The summed E-state index contributed by atoms with van der Waals surface area (Å²) in [6, 6.07) is 0. The second-order valence-corrected chi connectivity index (χ2v) is 6.66. The summed E-state index contributed by atoms with van der Waals surface area (Å²) in [4.78, 5) is 33.4. The van der Waals surface area contributed by atoms with Crippen molar-refractivity contribution in [2.24, 2.45) is 0 Å². The van der Waals surface area contributed by atoms with Crippen molar-refractivity contribution in [2.45, 2.75) is 96.8 Å². The van der Waals surface area contributed by atoms with Gasteiger partial charge in [-0.3, -0.25) is 9.59 Å². The third-order valence-electron chi connectivity index (χ3n) is 4.56. The van der Waals surface area contributed by atoms with Crippen LogP contribution in [0.4, 0.5) is 0 Å². The number of carbonyl (C=O) groups is 3. The lowest BCUT2D eigenvalue weighted by Crippen LogP contribution is -2.10. The second-order valence-electron chi connectivity index (χ2n) is 6.66. The number of carbonyl (C=O) groups excluding carboxylic acids is 3. The number of hydrogen-bond donors (Lipinski definition) is 0. The van der Waals surface area contributed by atoms with Crippen LogP contribution in [0.15, 0.2) is 11.1 Å². The van der Waals surface area contributed by atoms with Gasteiger partial charge >= 0.3 is 5.97 Å². The molecule has 0 N–H and O–H groups in total. The number of allylic oxidation sites excluding steroid dienone is 1. The zero-order valence-corrected chi connectivity index (χ0v) is 16.2. The van der Waals surface area contributed by atoms with Gasteiger partial charge in [0.2, 0.25) is 0 Å². The van der Waals surface area contributed by atoms with Crippen LogP contribution < -0.4 is 0 Å². The summed E-state index contributed by atoms with van der Waals surface area (Å²) in [5, 5.41) is 0. The Morgan fingerprint density at radius 3 is 1.52 bits per heavy atom. The van der Waals surface area contributed by atoms with E-state index in [2.05, 4.69) is 11.7 Å². The van der Waals surface area contributed by atoms with Gasteiger partial charge in [-0.25, -0.2) is 4.79 Å². The van der Waals surface area contributed by atoms with E-state index in [1.54, 1.807) is 0 Å². The Kier molecular flexibility index (Phi) is 16.4. The molecule has 0 bridgehead atoms. The minimum Gasteiger partial charge on any atom is -0.465 e. The van der Waals surface area contributed by atoms with E-state index in [1.807, 2.05) is 0 Å². The lowest BCUT2D eigenvalue weighted by molar-refractivity contribution is -0.137. The molecule has 0 heterocycles. The van der Waals surface area contributed by atoms with Gasteiger partial charge in [-0.2, -0.15) is 0 Å². The Bertz CT molecular complexity index is 399. The summed E-state index contributed by atoms with van der Waals surface area (Å²) in [7, 11) is 1.21. The fourth-order valence-electron chi connectivity index (χ4n) is 2.96. The summed E-state index contributed by atoms with van der Waals surface area (Å²) >= 11 is 0. The van der Waals surface area contributed by atoms with Crippen molar-refractivity contribution in [3.8, 4) is 0 Å². The molecule has 4 heteroatoms. The van der Waals surface area contributed by atoms with Crippen LogP contribution in [-0.2, 0) is 19.1 Å². The highest BCUT2D eigenvalue weighted by atomic mass is 16.5. The van der Waals surface area contributed by atoms with Gasteiger partial charge in [0.1, 0.15) is 11.9 Å². The first-order valence-corrected chi connectivity index (χ1v) is 9.93. The van der Waals surface area contributed by atoms with Crippen LogP contribution >= 0.6 is 0 Å². The average Bonchev–Trinajstić information content (AvgIpc) is 2.64. The fourth-order valence-corrected chi connectivity index (χ4v) is 2.96. The van der Waals surface area contributed by atoms with Crippen LogP contribution in [0.3, 0.4) is 0 Å². The molecule has 0 aliphatic carbocycles. The Labute approximate surface area is 153 Å². The monoisotopic (exact) mass is 352 g/mol. The maximum atomic E-state index is 11.4. The lowest BCUT2D eigenvalue weighted by atomic mass is 10.0. The summed E-state index contributed by atoms with van der Waals surface area (Å²) < 4.78 is 4.52. The average molecular weight is 353 g/mol. The molecule has 0 amide bonds. The molecule has 0 unspecified atom stereocenters. The quantitative estimate of drug-likeness (QED) is 0.0886. The van der Waals surface area contributed by atoms with Gasteiger partial charge in [-0.1, -0.05) is 84.0 Å². The highest BCUT2D eigenvalue weighted by molar-refractivity contribution is 6.11. The zero-order chi connectivity index (χ0) is 18.8. The summed E-state index contributed by atoms with van der Waals surface area (Å²) in [5.74, 6) is -0.730. The van der Waals surface area contributed by atoms with Crippen LogP contribution in [0.5, 0.6) is 0 Å². The largest absolute Gasteiger partial charge is 0.465 e. The Hall–Kier alpha value is -1.45. The molecule has 0 atom stereocenters. The topological polar surface area (TPSA) is 60.4 Å². The first kappa shape index (κ1) is 23.5. The van der Waals surface area contributed by atoms with Gasteiger partial charge in [0.05, 0.1) is 7.11 Å². The number of rotatable bonds is 17. The standard InChI is InChI=1S/C21H36O4/c1-3-4-5-6-7-8-9-10-11-12-13-14-15-16-19(17-22)20(18-23)21(24)25-2/h17-18H,3-16H2,1-2H3. The van der Waals surface area contributed by atoms with Crippen molar-refractivity contribution in [1.82, 2.24) is 0 Å². The number of methoxy groups -OCH3 is 1. The van der Waals surface area contributed by atoms with E-state index in [9.17, 15) is 14.4 Å². The molecular weight excluding hydrogens is 316 g/mol. The van der Waals surface area contributed by atoms with Crippen molar-refractivity contribution >= 4 is 18.5 Å². The maximum Gasteiger partial charge on any atom is 0.341 e. The van der Waals surface area contributed by atoms with Crippen molar-refractivity contribution in [3.05, 3.63) is 11.1 Å². The van der Waals surface area contributed by atoms with E-state index in [4.69, 9.17) is 0 Å². The van der Waals surface area contributed by atoms with Crippen LogP contribution in [-0.4, -0.2) is 25.7 Å². The summed E-state index contributed by atoms with van der Waals surface area (Å²) in [5.41, 5.74) is 0.112. The van der Waals surface area contributed by atoms with E-state index >= 15 is 0 Å². The van der Waals surface area contributed by atoms with Crippen LogP contribution in [0.1, 0.15) is 96.8 Å². The number of ether oxygens (including phenoxy) is 1. The number of hydrogen-bond acceptors (Lipinski definition) is 4. The third kappa shape index (κ3) is 12.5. The molecular formula is C21H36O4. The molecule has 0 saturated heterocycles. The van der Waals surface area contributed by atoms with Crippen LogP contribution in [0, 0.1) is 0 Å². The Morgan fingerprint density at radius 1 is 0.720 bits per heavy atom. The van der Waals surface area contributed by atoms with E-state index in [0.29, 0.717) is 19.0 Å². The van der Waals surface area contributed by atoms with Gasteiger partial charge in [0, 0.05) is 5.57 Å². The molecule has 0 aliphatic heterocycles. The van der Waals surface area contributed by atoms with Crippen molar-refractivity contribution in [3.63, 3.8) is 0 Å². The number of aldehydes is 2. The predicted molar refractivity (Wildman–Crippen MR) is 101 cm³/mol. The zero-order valence-electron chi connectivity index (χ0n) is 16.2. The molecule has 0 spiro atoms. The molecule has 144 valence electrons. The molecule has 0 aromatic carbocycles. The predicted octanol–water partition coefficient (Wildman–Crippen LogP) is 5.34. The third-order valence-corrected chi connectivity index (χ3v) is 4.56. The van der Waals surface area contributed by atoms with Crippen molar-refractivity contribution < 1.29 is 19.1 Å². The number of unbranched alkanes of at least 4 members (excludes halogenated alkanes) is 12. The highest BCUT2D eigenvalue weighted by Crippen LogP contribution is 2.15. The van der Waals surface area contributed by atoms with Gasteiger partial charge in [-0.05, 0) is 12.8 Å². The van der Waals surface area contributed by atoms with E-state index in [-0.39, 0.29) is 11.1 Å². The molecule has 0 radical (unpaired) electrons. The van der Waals surface area contributed by atoms with Gasteiger partial charge in [0.15, 0.2) is 6.29 Å². The molecule has 0 saturated carbocycles. The normalized spacial score (nSPS) is 11.8. The van der Waals surface area contributed by atoms with Gasteiger partial charge < -0.3 is 4.74 Å². The summed E-state index contributed by atoms with van der Waals surface area (Å²) in [6.45, 7) is 2.25. The van der Waals surface area contributed by atoms with Gasteiger partial charge in [0.25, 0.3) is 0 Å².